The molecular weight excluding hydrogens is 131 g/mol. The molecular formula is C7H18B3N. The van der Waals surface area contributed by atoms with Gasteiger partial charge in [-0.25, -0.2) is 0 Å². The lowest BCUT2D eigenvalue weighted by Gasteiger charge is -2.40. The van der Waals surface area contributed by atoms with Crippen LogP contribution in [0.3, 0.4) is 0 Å². The van der Waals surface area contributed by atoms with E-state index in [1.165, 1.54) is 25.9 Å². The highest BCUT2D eigenvalue weighted by molar-refractivity contribution is 6.59. The minimum Gasteiger partial charge on any atom is -0.320 e. The standard InChI is InChI=1S/C7H18B3N/c1-6-2-4-11(5-3-6)7(8,9)10/h6H,2-5,8-10H2,1H3. The van der Waals surface area contributed by atoms with Crippen molar-refractivity contribution >= 4 is 23.5 Å². The molecule has 0 N–H and O–H groups in total. The van der Waals surface area contributed by atoms with Crippen LogP contribution in [-0.4, -0.2) is 46.8 Å². The van der Waals surface area contributed by atoms with Gasteiger partial charge in [0.15, 0.2) is 0 Å². The van der Waals surface area contributed by atoms with Gasteiger partial charge >= 0.3 is 0 Å². The van der Waals surface area contributed by atoms with Crippen LogP contribution in [0.15, 0.2) is 0 Å². The Kier molecular flexibility index (Phi) is 2.74. The van der Waals surface area contributed by atoms with Gasteiger partial charge in [-0.3, -0.25) is 0 Å². The quantitative estimate of drug-likeness (QED) is 0.398. The van der Waals surface area contributed by atoms with E-state index in [0.717, 1.165) is 5.92 Å². The smallest absolute Gasteiger partial charge is 0.107 e. The van der Waals surface area contributed by atoms with Gasteiger partial charge in [0.2, 0.25) is 0 Å². The Morgan fingerprint density at radius 2 is 1.64 bits per heavy atom. The second kappa shape index (κ2) is 3.26. The largest absolute Gasteiger partial charge is 0.320 e. The van der Waals surface area contributed by atoms with E-state index in [1.807, 2.05) is 0 Å². The van der Waals surface area contributed by atoms with Gasteiger partial charge in [-0.2, -0.15) is 0 Å². The fourth-order valence-corrected chi connectivity index (χ4v) is 1.68. The molecule has 0 aromatic carbocycles. The van der Waals surface area contributed by atoms with Gasteiger partial charge in [0.1, 0.15) is 23.5 Å². The summed E-state index contributed by atoms with van der Waals surface area (Å²) in [5.41, 5.74) is 0. The maximum absolute atomic E-state index is 2.59. The fourth-order valence-electron chi connectivity index (χ4n) is 1.68. The molecule has 0 atom stereocenters. The zero-order chi connectivity index (χ0) is 8.48. The van der Waals surface area contributed by atoms with Crippen molar-refractivity contribution in [2.45, 2.75) is 25.0 Å². The summed E-state index contributed by atoms with van der Waals surface area (Å²) < 4.78 is 0. The highest BCUT2D eigenvalue weighted by Crippen LogP contribution is 2.18. The zero-order valence-electron chi connectivity index (χ0n) is 8.35. The molecule has 0 saturated carbocycles. The van der Waals surface area contributed by atoms with Crippen molar-refractivity contribution < 1.29 is 0 Å². The third kappa shape index (κ3) is 2.59. The monoisotopic (exact) mass is 149 g/mol. The van der Waals surface area contributed by atoms with Crippen LogP contribution >= 0.6 is 0 Å². The van der Waals surface area contributed by atoms with E-state index in [9.17, 15) is 0 Å². The minimum absolute atomic E-state index is 0.389. The van der Waals surface area contributed by atoms with Crippen LogP contribution in [0, 0.1) is 5.92 Å². The zero-order valence-corrected chi connectivity index (χ0v) is 8.35. The van der Waals surface area contributed by atoms with Crippen molar-refractivity contribution in [2.24, 2.45) is 5.92 Å². The average Bonchev–Trinajstić information content (AvgIpc) is 1.86. The molecule has 0 spiro atoms. The van der Waals surface area contributed by atoms with Crippen molar-refractivity contribution in [2.75, 3.05) is 13.1 Å². The van der Waals surface area contributed by atoms with Gasteiger partial charge in [0, 0.05) is 0 Å². The van der Waals surface area contributed by atoms with Gasteiger partial charge in [-0.05, 0) is 31.8 Å². The molecule has 1 fully saturated rings. The molecule has 60 valence electrons. The molecule has 0 radical (unpaired) electrons. The summed E-state index contributed by atoms with van der Waals surface area (Å²) in [4.78, 5) is 2.59. The lowest BCUT2D eigenvalue weighted by atomic mass is 9.48. The fraction of sp³-hybridized carbons (Fsp3) is 1.00. The van der Waals surface area contributed by atoms with Crippen LogP contribution in [0.4, 0.5) is 0 Å². The number of nitrogens with zero attached hydrogens (tertiary/aromatic N) is 1. The van der Waals surface area contributed by atoms with E-state index in [-0.39, 0.29) is 0 Å². The SMILES string of the molecule is BC(B)(B)N1CCC(C)CC1. The maximum atomic E-state index is 2.59. The van der Waals surface area contributed by atoms with Crippen LogP contribution in [0.25, 0.3) is 0 Å². The van der Waals surface area contributed by atoms with Gasteiger partial charge in [0.05, 0.1) is 0 Å². The van der Waals surface area contributed by atoms with Crippen LogP contribution < -0.4 is 0 Å². The van der Waals surface area contributed by atoms with Crippen LogP contribution in [0.1, 0.15) is 19.8 Å². The van der Waals surface area contributed by atoms with Crippen LogP contribution in [0.5, 0.6) is 0 Å². The van der Waals surface area contributed by atoms with E-state index < -0.39 is 0 Å². The summed E-state index contributed by atoms with van der Waals surface area (Å²) in [6.07, 6.45) is 2.77. The summed E-state index contributed by atoms with van der Waals surface area (Å²) in [6, 6.07) is 0. The molecule has 4 heteroatoms. The van der Waals surface area contributed by atoms with E-state index in [0.29, 0.717) is 5.24 Å². The van der Waals surface area contributed by atoms with Gasteiger partial charge in [-0.1, -0.05) is 12.2 Å². The van der Waals surface area contributed by atoms with E-state index in [4.69, 9.17) is 0 Å². The minimum atomic E-state index is 0.389. The van der Waals surface area contributed by atoms with E-state index in [2.05, 4.69) is 35.4 Å². The predicted molar refractivity (Wildman–Crippen MR) is 58.3 cm³/mol. The first-order valence-corrected chi connectivity index (χ1v) is 4.75. The van der Waals surface area contributed by atoms with Crippen molar-refractivity contribution in [1.82, 2.24) is 4.90 Å². The third-order valence-corrected chi connectivity index (χ3v) is 2.73. The predicted octanol–water partition coefficient (Wildman–Crippen LogP) is -1.77. The summed E-state index contributed by atoms with van der Waals surface area (Å²) in [7, 11) is 6.93. The van der Waals surface area contributed by atoms with Crippen molar-refractivity contribution in [1.29, 1.82) is 0 Å². The van der Waals surface area contributed by atoms with Crippen molar-refractivity contribution in [3.63, 3.8) is 0 Å². The Bertz CT molecular complexity index is 124. The first kappa shape index (κ1) is 9.24. The van der Waals surface area contributed by atoms with Gasteiger partial charge in [-0.15, -0.1) is 0 Å². The second-order valence-corrected chi connectivity index (χ2v) is 4.84. The topological polar surface area (TPSA) is 3.24 Å². The Morgan fingerprint density at radius 1 is 1.18 bits per heavy atom. The Balaban J connectivity index is 2.39. The van der Waals surface area contributed by atoms with E-state index in [1.54, 1.807) is 0 Å². The molecule has 11 heavy (non-hydrogen) atoms. The Hall–Kier alpha value is 0.155. The summed E-state index contributed by atoms with van der Waals surface area (Å²) >= 11 is 0. The number of hydrogen-bond acceptors (Lipinski definition) is 1. The molecule has 0 unspecified atom stereocenters. The molecule has 1 heterocycles. The highest BCUT2D eigenvalue weighted by Gasteiger charge is 2.24. The molecule has 1 rings (SSSR count). The third-order valence-electron chi connectivity index (χ3n) is 2.73. The Morgan fingerprint density at radius 3 is 2.00 bits per heavy atom. The second-order valence-electron chi connectivity index (χ2n) is 4.84. The molecule has 0 amide bonds. The first-order chi connectivity index (χ1) is 5.00. The van der Waals surface area contributed by atoms with Gasteiger partial charge < -0.3 is 4.90 Å². The van der Waals surface area contributed by atoms with Crippen molar-refractivity contribution in [3.05, 3.63) is 0 Å². The molecule has 0 aliphatic carbocycles. The number of likely N-dealkylation sites (tertiary alicyclic amines) is 1. The molecule has 1 saturated heterocycles. The Labute approximate surface area is 73.1 Å². The molecule has 1 aliphatic heterocycles. The molecule has 0 aromatic rings. The highest BCUT2D eigenvalue weighted by atomic mass is 15.2. The van der Waals surface area contributed by atoms with Crippen LogP contribution in [0.2, 0.25) is 0 Å². The normalized spacial score (nSPS) is 23.7. The first-order valence-electron chi connectivity index (χ1n) is 4.75. The maximum Gasteiger partial charge on any atom is 0.107 e. The summed E-state index contributed by atoms with van der Waals surface area (Å²) in [5.74, 6) is 0.952. The number of piperidine rings is 1. The lowest BCUT2D eigenvalue weighted by Crippen LogP contribution is -2.53. The van der Waals surface area contributed by atoms with Crippen molar-refractivity contribution in [3.8, 4) is 0 Å². The molecule has 1 nitrogen and oxygen atoms in total. The van der Waals surface area contributed by atoms with E-state index >= 15 is 0 Å². The number of rotatable bonds is 1. The molecule has 0 aromatic heterocycles. The molecule has 0 bridgehead atoms. The average molecular weight is 149 g/mol. The van der Waals surface area contributed by atoms with Gasteiger partial charge in [0.25, 0.3) is 0 Å². The summed E-state index contributed by atoms with van der Waals surface area (Å²) in [6.45, 7) is 4.95. The number of hydrogen-bond donors (Lipinski definition) is 0. The lowest BCUT2D eigenvalue weighted by molar-refractivity contribution is 0.190. The van der Waals surface area contributed by atoms with Crippen LogP contribution in [-0.2, 0) is 0 Å². The molecule has 1 aliphatic rings. The summed E-state index contributed by atoms with van der Waals surface area (Å²) in [5, 5.41) is 0.389.